The van der Waals surface area contributed by atoms with Crippen LogP contribution in [0.15, 0.2) is 53.0 Å². The van der Waals surface area contributed by atoms with Crippen LogP contribution in [0, 0.1) is 5.82 Å². The summed E-state index contributed by atoms with van der Waals surface area (Å²) in [5.74, 6) is 0.0948. The maximum atomic E-state index is 13.1. The quantitative estimate of drug-likeness (QED) is 0.610. The van der Waals surface area contributed by atoms with E-state index in [1.54, 1.807) is 6.07 Å². The molecule has 0 unspecified atom stereocenters. The van der Waals surface area contributed by atoms with Crippen LogP contribution in [0.25, 0.3) is 0 Å². The molecule has 0 aliphatic rings. The van der Waals surface area contributed by atoms with E-state index in [2.05, 4.69) is 15.9 Å². The van der Waals surface area contributed by atoms with Crippen molar-refractivity contribution in [3.05, 3.63) is 64.4 Å². The van der Waals surface area contributed by atoms with E-state index in [0.29, 0.717) is 16.8 Å². The molecule has 0 N–H and O–H groups in total. The zero-order valence-corrected chi connectivity index (χ0v) is 11.2. The Balaban J connectivity index is 1.78. The Morgan fingerprint density at radius 1 is 1.06 bits per heavy atom. The van der Waals surface area contributed by atoms with Crippen LogP contribution >= 0.6 is 15.9 Å². The highest BCUT2D eigenvalue weighted by Crippen LogP contribution is 2.20. The molecule has 2 rings (SSSR count). The van der Waals surface area contributed by atoms with Crippen molar-refractivity contribution >= 4 is 15.9 Å². The predicted octanol–water partition coefficient (Wildman–Crippen LogP) is 4.14. The fourth-order valence-corrected chi connectivity index (χ4v) is 1.90. The molecule has 0 spiro atoms. The van der Waals surface area contributed by atoms with Gasteiger partial charge in [-0.05, 0) is 17.7 Å². The molecule has 0 bridgehead atoms. The fourth-order valence-electron chi connectivity index (χ4n) is 1.46. The average molecular weight is 311 g/mol. The summed E-state index contributed by atoms with van der Waals surface area (Å²) >= 11 is 3.20. The Kier molecular flexibility index (Phi) is 4.73. The summed E-state index contributed by atoms with van der Waals surface area (Å²) < 4.78 is 24.3. The molecule has 0 radical (unpaired) electrons. The first-order valence-electron chi connectivity index (χ1n) is 5.44. The standard InChI is InChI=1S/C14H12BrFO2/c15-12-6-13(16)8-14(7-12)18-10-17-9-11-4-2-1-3-5-11/h1-8H,9-10H2. The number of hydrogen-bond donors (Lipinski definition) is 0. The van der Waals surface area contributed by atoms with E-state index in [1.807, 2.05) is 30.3 Å². The number of halogens is 2. The van der Waals surface area contributed by atoms with Crippen molar-refractivity contribution in [2.45, 2.75) is 6.61 Å². The normalized spacial score (nSPS) is 10.3. The second kappa shape index (κ2) is 6.52. The first kappa shape index (κ1) is 13.1. The van der Waals surface area contributed by atoms with Gasteiger partial charge in [0.05, 0.1) is 6.61 Å². The van der Waals surface area contributed by atoms with Gasteiger partial charge in [0.25, 0.3) is 0 Å². The molecule has 2 aromatic carbocycles. The van der Waals surface area contributed by atoms with Gasteiger partial charge >= 0.3 is 0 Å². The molecule has 18 heavy (non-hydrogen) atoms. The van der Waals surface area contributed by atoms with Crippen LogP contribution in [-0.4, -0.2) is 6.79 Å². The van der Waals surface area contributed by atoms with E-state index in [9.17, 15) is 4.39 Å². The van der Waals surface area contributed by atoms with Crippen molar-refractivity contribution < 1.29 is 13.9 Å². The monoisotopic (exact) mass is 310 g/mol. The van der Waals surface area contributed by atoms with Crippen molar-refractivity contribution in [2.24, 2.45) is 0 Å². The molecule has 4 heteroatoms. The first-order chi connectivity index (χ1) is 8.74. The summed E-state index contributed by atoms with van der Waals surface area (Å²) in [7, 11) is 0. The summed E-state index contributed by atoms with van der Waals surface area (Å²) in [4.78, 5) is 0. The van der Waals surface area contributed by atoms with Crippen LogP contribution in [0.1, 0.15) is 5.56 Å². The number of rotatable bonds is 5. The molecule has 2 nitrogen and oxygen atoms in total. The minimum atomic E-state index is -0.345. The topological polar surface area (TPSA) is 18.5 Å². The minimum Gasteiger partial charge on any atom is -0.467 e. The lowest BCUT2D eigenvalue weighted by Gasteiger charge is -2.07. The van der Waals surface area contributed by atoms with E-state index >= 15 is 0 Å². The maximum absolute atomic E-state index is 13.1. The minimum absolute atomic E-state index is 0.0881. The third-order valence-electron chi connectivity index (χ3n) is 2.26. The largest absolute Gasteiger partial charge is 0.467 e. The van der Waals surface area contributed by atoms with E-state index in [1.165, 1.54) is 12.1 Å². The van der Waals surface area contributed by atoms with E-state index in [4.69, 9.17) is 9.47 Å². The molecule has 0 heterocycles. The van der Waals surface area contributed by atoms with Gasteiger partial charge in [-0.3, -0.25) is 0 Å². The molecule has 0 atom stereocenters. The Morgan fingerprint density at radius 3 is 2.56 bits per heavy atom. The molecule has 0 aliphatic heterocycles. The van der Waals surface area contributed by atoms with Crippen molar-refractivity contribution in [3.63, 3.8) is 0 Å². The van der Waals surface area contributed by atoms with Gasteiger partial charge in [-0.25, -0.2) is 4.39 Å². The molecule has 94 valence electrons. The van der Waals surface area contributed by atoms with Crippen LogP contribution in [0.4, 0.5) is 4.39 Å². The lowest BCUT2D eigenvalue weighted by atomic mass is 10.2. The van der Waals surface area contributed by atoms with Crippen LogP contribution in [0.5, 0.6) is 5.75 Å². The Labute approximate surface area is 113 Å². The molecule has 2 aromatic rings. The van der Waals surface area contributed by atoms with Crippen LogP contribution in [0.3, 0.4) is 0 Å². The summed E-state index contributed by atoms with van der Waals surface area (Å²) in [5, 5.41) is 0. The molecule has 0 aromatic heterocycles. The van der Waals surface area contributed by atoms with E-state index in [-0.39, 0.29) is 12.6 Å². The highest BCUT2D eigenvalue weighted by Gasteiger charge is 2.00. The number of ether oxygens (including phenoxy) is 2. The van der Waals surface area contributed by atoms with Crippen LogP contribution in [0.2, 0.25) is 0 Å². The molecule has 0 fully saturated rings. The average Bonchev–Trinajstić information content (AvgIpc) is 2.35. The summed E-state index contributed by atoms with van der Waals surface area (Å²) in [6, 6.07) is 14.2. The van der Waals surface area contributed by atoms with Crippen LogP contribution in [-0.2, 0) is 11.3 Å². The fraction of sp³-hybridized carbons (Fsp3) is 0.143. The second-order valence-electron chi connectivity index (χ2n) is 3.70. The zero-order chi connectivity index (χ0) is 12.8. The summed E-state index contributed by atoms with van der Waals surface area (Å²) in [5.41, 5.74) is 1.07. The van der Waals surface area contributed by atoms with Crippen molar-refractivity contribution in [1.29, 1.82) is 0 Å². The highest BCUT2D eigenvalue weighted by molar-refractivity contribution is 9.10. The molecule has 0 aliphatic carbocycles. The highest BCUT2D eigenvalue weighted by atomic mass is 79.9. The second-order valence-corrected chi connectivity index (χ2v) is 4.62. The summed E-state index contributed by atoms with van der Waals surface area (Å²) in [6.07, 6.45) is 0. The number of hydrogen-bond acceptors (Lipinski definition) is 2. The SMILES string of the molecule is Fc1cc(Br)cc(OCOCc2ccccc2)c1. The Morgan fingerprint density at radius 2 is 1.83 bits per heavy atom. The third-order valence-corrected chi connectivity index (χ3v) is 2.71. The van der Waals surface area contributed by atoms with Crippen LogP contribution < -0.4 is 4.74 Å². The van der Waals surface area contributed by atoms with E-state index < -0.39 is 0 Å². The van der Waals surface area contributed by atoms with Crippen molar-refractivity contribution in [2.75, 3.05) is 6.79 Å². The Bertz CT molecular complexity index is 482. The predicted molar refractivity (Wildman–Crippen MR) is 70.8 cm³/mol. The molecule has 0 amide bonds. The van der Waals surface area contributed by atoms with Gasteiger partial charge in [-0.15, -0.1) is 0 Å². The van der Waals surface area contributed by atoms with Crippen molar-refractivity contribution in [1.82, 2.24) is 0 Å². The number of benzene rings is 2. The van der Waals surface area contributed by atoms with Gasteiger partial charge in [0.15, 0.2) is 6.79 Å². The molecular weight excluding hydrogens is 299 g/mol. The lowest BCUT2D eigenvalue weighted by molar-refractivity contribution is 0.00487. The van der Waals surface area contributed by atoms with Gasteiger partial charge in [0, 0.05) is 10.5 Å². The first-order valence-corrected chi connectivity index (χ1v) is 6.24. The zero-order valence-electron chi connectivity index (χ0n) is 9.61. The van der Waals surface area contributed by atoms with Gasteiger partial charge in [0.2, 0.25) is 0 Å². The van der Waals surface area contributed by atoms with Gasteiger partial charge in [-0.1, -0.05) is 46.3 Å². The van der Waals surface area contributed by atoms with Gasteiger partial charge in [-0.2, -0.15) is 0 Å². The molecule has 0 saturated heterocycles. The Hall–Kier alpha value is -1.39. The smallest absolute Gasteiger partial charge is 0.189 e. The molecular formula is C14H12BrFO2. The molecule has 0 saturated carbocycles. The van der Waals surface area contributed by atoms with Crippen molar-refractivity contribution in [3.8, 4) is 5.75 Å². The van der Waals surface area contributed by atoms with Gasteiger partial charge in [0.1, 0.15) is 11.6 Å². The third kappa shape index (κ3) is 4.13. The lowest BCUT2D eigenvalue weighted by Crippen LogP contribution is -2.03. The van der Waals surface area contributed by atoms with E-state index in [0.717, 1.165) is 5.56 Å². The van der Waals surface area contributed by atoms with Gasteiger partial charge < -0.3 is 9.47 Å². The maximum Gasteiger partial charge on any atom is 0.189 e. The summed E-state index contributed by atoms with van der Waals surface area (Å²) in [6.45, 7) is 0.558.